The summed E-state index contributed by atoms with van der Waals surface area (Å²) in [6.45, 7) is 1.20. The van der Waals surface area contributed by atoms with E-state index in [1.54, 1.807) is 19.1 Å². The Balaban J connectivity index is 1.32. The van der Waals surface area contributed by atoms with E-state index >= 15 is 0 Å². The van der Waals surface area contributed by atoms with Crippen LogP contribution in [0, 0.1) is 30.6 Å². The first kappa shape index (κ1) is 24.7. The van der Waals surface area contributed by atoms with Crippen molar-refractivity contribution in [1.82, 2.24) is 4.90 Å². The maximum Gasteiger partial charge on any atom is 0.330 e. The average molecular weight is 572 g/mol. The van der Waals surface area contributed by atoms with Gasteiger partial charge in [-0.1, -0.05) is 54.1 Å². The van der Waals surface area contributed by atoms with Crippen LogP contribution in [-0.2, 0) is 30.3 Å². The molecule has 186 valence electrons. The van der Waals surface area contributed by atoms with Gasteiger partial charge in [-0.05, 0) is 64.4 Å². The van der Waals surface area contributed by atoms with E-state index < -0.39 is 36.4 Å². The van der Waals surface area contributed by atoms with Crippen molar-refractivity contribution in [3.05, 3.63) is 75.2 Å². The molecule has 0 spiro atoms. The molecule has 2 aromatic rings. The molecule has 2 bridgehead atoms. The largest absolute Gasteiger partial charge is 0.454 e. The zero-order valence-electron chi connectivity index (χ0n) is 19.4. The second kappa shape index (κ2) is 9.82. The number of halogens is 2. The molecule has 0 unspecified atom stereocenters. The van der Waals surface area contributed by atoms with Gasteiger partial charge in [0, 0.05) is 16.6 Å². The molecule has 1 heterocycles. The highest BCUT2D eigenvalue weighted by atomic mass is 79.9. The number of esters is 1. The number of nitrogens with one attached hydrogen (secondary N) is 1. The molecule has 3 amide bonds. The van der Waals surface area contributed by atoms with Crippen molar-refractivity contribution in [3.63, 3.8) is 0 Å². The number of fused-ring (bicyclic) bond motifs is 5. The molecule has 5 atom stereocenters. The van der Waals surface area contributed by atoms with Crippen molar-refractivity contribution < 1.29 is 23.9 Å². The van der Waals surface area contributed by atoms with Gasteiger partial charge in [-0.3, -0.25) is 19.3 Å². The highest BCUT2D eigenvalue weighted by molar-refractivity contribution is 9.10. The van der Waals surface area contributed by atoms with Crippen LogP contribution >= 0.6 is 27.5 Å². The molecule has 1 saturated heterocycles. The summed E-state index contributed by atoms with van der Waals surface area (Å²) in [6, 6.07) is 11.4. The number of carbonyl (C=O) groups is 4. The van der Waals surface area contributed by atoms with Crippen LogP contribution in [0.1, 0.15) is 17.5 Å². The minimum atomic E-state index is -1.14. The SMILES string of the molecule is Cc1c(NC(=O)COC(=O)[C@H](Cc2ccccc2)N2C(=O)[C@H]3[C@H](C2=O)[C@H]2C=C[C@H]3C2)ccc(Br)c1Cl. The lowest BCUT2D eigenvalue weighted by atomic mass is 9.85. The Morgan fingerprint density at radius 3 is 2.36 bits per heavy atom. The van der Waals surface area contributed by atoms with Gasteiger partial charge in [0.1, 0.15) is 6.04 Å². The van der Waals surface area contributed by atoms with Gasteiger partial charge in [0.05, 0.1) is 16.9 Å². The first-order valence-electron chi connectivity index (χ1n) is 11.8. The molecule has 1 aliphatic heterocycles. The smallest absolute Gasteiger partial charge is 0.330 e. The number of allylic oxidation sites excluding steroid dienone is 2. The third kappa shape index (κ3) is 4.37. The number of nitrogens with zero attached hydrogens (tertiary/aromatic N) is 1. The van der Waals surface area contributed by atoms with Crippen LogP contribution in [0.3, 0.4) is 0 Å². The molecule has 3 aliphatic rings. The summed E-state index contributed by atoms with van der Waals surface area (Å²) in [5.74, 6) is -2.79. The van der Waals surface area contributed by atoms with Crippen LogP contribution in [0.25, 0.3) is 0 Å². The van der Waals surface area contributed by atoms with Gasteiger partial charge in [0.2, 0.25) is 11.8 Å². The molecule has 1 N–H and O–H groups in total. The summed E-state index contributed by atoms with van der Waals surface area (Å²) in [4.78, 5) is 53.6. The minimum absolute atomic E-state index is 0.0293. The van der Waals surface area contributed by atoms with Gasteiger partial charge in [-0.2, -0.15) is 0 Å². The summed E-state index contributed by atoms with van der Waals surface area (Å²) in [7, 11) is 0. The Labute approximate surface area is 221 Å². The van der Waals surface area contributed by atoms with E-state index in [9.17, 15) is 19.2 Å². The predicted molar refractivity (Wildman–Crippen MR) is 137 cm³/mol. The third-order valence-corrected chi connectivity index (χ3v) is 8.70. The van der Waals surface area contributed by atoms with Crippen LogP contribution in [-0.4, -0.2) is 41.2 Å². The fourth-order valence-electron chi connectivity index (χ4n) is 5.56. The molecule has 1 saturated carbocycles. The molecular weight excluding hydrogens is 548 g/mol. The van der Waals surface area contributed by atoms with E-state index in [4.69, 9.17) is 16.3 Å². The van der Waals surface area contributed by atoms with Gasteiger partial charge in [0.25, 0.3) is 5.91 Å². The van der Waals surface area contributed by atoms with Gasteiger partial charge in [-0.25, -0.2) is 4.79 Å². The second-order valence-electron chi connectivity index (χ2n) is 9.44. The number of hydrogen-bond acceptors (Lipinski definition) is 5. The van der Waals surface area contributed by atoms with Crippen molar-refractivity contribution in [2.24, 2.45) is 23.7 Å². The van der Waals surface area contributed by atoms with E-state index in [2.05, 4.69) is 21.2 Å². The summed E-state index contributed by atoms with van der Waals surface area (Å²) >= 11 is 9.55. The van der Waals surface area contributed by atoms with Gasteiger partial charge >= 0.3 is 5.97 Å². The Kier molecular flexibility index (Phi) is 6.74. The number of amides is 3. The number of rotatable bonds is 7. The van der Waals surface area contributed by atoms with E-state index in [-0.39, 0.29) is 30.1 Å². The van der Waals surface area contributed by atoms with Crippen LogP contribution < -0.4 is 5.32 Å². The zero-order valence-corrected chi connectivity index (χ0v) is 21.8. The summed E-state index contributed by atoms with van der Waals surface area (Å²) in [5, 5.41) is 3.15. The predicted octanol–water partition coefficient (Wildman–Crippen LogP) is 4.31. The van der Waals surface area contributed by atoms with Crippen molar-refractivity contribution in [1.29, 1.82) is 0 Å². The van der Waals surface area contributed by atoms with Crippen molar-refractivity contribution in [2.45, 2.75) is 25.8 Å². The van der Waals surface area contributed by atoms with Gasteiger partial charge in [-0.15, -0.1) is 0 Å². The fraction of sp³-hybridized carbons (Fsp3) is 0.333. The Morgan fingerprint density at radius 1 is 1.08 bits per heavy atom. The average Bonchev–Trinajstić information content (AvgIpc) is 3.56. The highest BCUT2D eigenvalue weighted by Gasteiger charge is 2.61. The monoisotopic (exact) mass is 570 g/mol. The normalized spacial score (nSPS) is 24.7. The maximum absolute atomic E-state index is 13.4. The Hall–Kier alpha value is -2.97. The Bertz CT molecular complexity index is 1250. The number of benzene rings is 2. The third-order valence-electron chi connectivity index (χ3n) is 7.32. The van der Waals surface area contributed by atoms with E-state index in [0.717, 1.165) is 16.9 Å². The summed E-state index contributed by atoms with van der Waals surface area (Å²) in [5.41, 5.74) is 1.93. The number of hydrogen-bond donors (Lipinski definition) is 1. The zero-order chi connectivity index (χ0) is 25.6. The van der Waals surface area contributed by atoms with E-state index in [1.165, 1.54) is 0 Å². The van der Waals surface area contributed by atoms with Crippen LogP contribution in [0.5, 0.6) is 0 Å². The number of anilines is 1. The molecule has 7 nitrogen and oxygen atoms in total. The molecule has 5 rings (SSSR count). The van der Waals surface area contributed by atoms with Crippen LogP contribution in [0.2, 0.25) is 5.02 Å². The standard InChI is InChI=1S/C27H24BrClN2O5/c1-14-19(10-9-18(28)24(14)29)30-21(32)13-36-27(35)20(11-15-5-3-2-4-6-15)31-25(33)22-16-7-8-17(12-16)23(22)26(31)34/h2-10,16-17,20,22-23H,11-13H2,1H3,(H,30,32)/t16-,17-,20-,22+,23+/m0/s1. The lowest BCUT2D eigenvalue weighted by Gasteiger charge is -2.26. The number of carbonyl (C=O) groups excluding carboxylic acids is 4. The molecule has 2 aliphatic carbocycles. The lowest BCUT2D eigenvalue weighted by molar-refractivity contribution is -0.160. The molecule has 9 heteroatoms. The number of imide groups is 1. The van der Waals surface area contributed by atoms with Crippen molar-refractivity contribution in [2.75, 3.05) is 11.9 Å². The second-order valence-corrected chi connectivity index (χ2v) is 10.7. The first-order valence-corrected chi connectivity index (χ1v) is 12.9. The van der Waals surface area contributed by atoms with Crippen LogP contribution in [0.4, 0.5) is 5.69 Å². The fourth-order valence-corrected chi connectivity index (χ4v) is 6.15. The highest BCUT2D eigenvalue weighted by Crippen LogP contribution is 2.53. The quantitative estimate of drug-likeness (QED) is 0.304. The van der Waals surface area contributed by atoms with Gasteiger partial charge < -0.3 is 10.1 Å². The molecule has 2 aromatic carbocycles. The number of ether oxygens (including phenoxy) is 1. The van der Waals surface area contributed by atoms with E-state index in [1.807, 2.05) is 42.5 Å². The topological polar surface area (TPSA) is 92.8 Å². The maximum atomic E-state index is 13.4. The summed E-state index contributed by atoms with van der Waals surface area (Å²) in [6.07, 6.45) is 4.92. The minimum Gasteiger partial charge on any atom is -0.454 e. The molecular formula is C27H24BrClN2O5. The van der Waals surface area contributed by atoms with Crippen molar-refractivity contribution >= 4 is 56.9 Å². The van der Waals surface area contributed by atoms with Gasteiger partial charge in [0.15, 0.2) is 6.61 Å². The molecule has 36 heavy (non-hydrogen) atoms. The van der Waals surface area contributed by atoms with E-state index in [0.29, 0.717) is 20.7 Å². The number of likely N-dealkylation sites (tertiary alicyclic amines) is 1. The van der Waals surface area contributed by atoms with Crippen LogP contribution in [0.15, 0.2) is 59.1 Å². The molecule has 2 fully saturated rings. The first-order chi connectivity index (χ1) is 17.3. The van der Waals surface area contributed by atoms with Crippen molar-refractivity contribution in [3.8, 4) is 0 Å². The lowest BCUT2D eigenvalue weighted by Crippen LogP contribution is -2.48. The molecule has 0 radical (unpaired) electrons. The Morgan fingerprint density at radius 2 is 1.72 bits per heavy atom. The molecule has 0 aromatic heterocycles. The summed E-state index contributed by atoms with van der Waals surface area (Å²) < 4.78 is 6.05.